The van der Waals surface area contributed by atoms with E-state index in [0.29, 0.717) is 28.8 Å². The standard InChI is InChI=1S/C18H20FN3O3S/c1-12(2)17-15(5-4-10-23)18(13-6-8-14(19)9-7-13)22-16(21-17)11-26(24,25)20-3/h4-10,12,20H,11H2,1-3H3. The first-order valence-electron chi connectivity index (χ1n) is 7.97. The highest BCUT2D eigenvalue weighted by Gasteiger charge is 2.19. The van der Waals surface area contributed by atoms with Crippen LogP contribution in [0, 0.1) is 5.82 Å². The molecule has 0 aliphatic rings. The molecular weight excluding hydrogens is 357 g/mol. The van der Waals surface area contributed by atoms with Crippen LogP contribution in [0.2, 0.25) is 0 Å². The van der Waals surface area contributed by atoms with Crippen LogP contribution in [0.1, 0.15) is 36.8 Å². The number of hydrogen-bond acceptors (Lipinski definition) is 5. The van der Waals surface area contributed by atoms with Crippen LogP contribution in [0.4, 0.5) is 4.39 Å². The van der Waals surface area contributed by atoms with Crippen molar-refractivity contribution in [1.29, 1.82) is 0 Å². The minimum Gasteiger partial charge on any atom is -0.299 e. The lowest BCUT2D eigenvalue weighted by atomic mass is 9.98. The summed E-state index contributed by atoms with van der Waals surface area (Å²) in [5.74, 6) is -0.685. The van der Waals surface area contributed by atoms with Crippen LogP contribution in [0.25, 0.3) is 17.3 Å². The van der Waals surface area contributed by atoms with Crippen LogP contribution in [0.5, 0.6) is 0 Å². The van der Waals surface area contributed by atoms with Crippen molar-refractivity contribution in [2.45, 2.75) is 25.5 Å². The Balaban J connectivity index is 2.74. The highest BCUT2D eigenvalue weighted by Crippen LogP contribution is 2.29. The molecule has 26 heavy (non-hydrogen) atoms. The number of carbonyl (C=O) groups is 1. The quantitative estimate of drug-likeness (QED) is 0.592. The number of nitrogens with one attached hydrogen (secondary N) is 1. The minimum absolute atomic E-state index is 0.0421. The molecule has 1 aromatic carbocycles. The van der Waals surface area contributed by atoms with Crippen LogP contribution < -0.4 is 4.72 Å². The molecule has 0 radical (unpaired) electrons. The maximum atomic E-state index is 13.3. The van der Waals surface area contributed by atoms with Crippen molar-refractivity contribution >= 4 is 22.4 Å². The van der Waals surface area contributed by atoms with Gasteiger partial charge in [-0.25, -0.2) is 27.5 Å². The molecular formula is C18H20FN3O3S. The largest absolute Gasteiger partial charge is 0.299 e. The first kappa shape index (κ1) is 19.9. The summed E-state index contributed by atoms with van der Waals surface area (Å²) in [5.41, 5.74) is 2.26. The van der Waals surface area contributed by atoms with Gasteiger partial charge >= 0.3 is 0 Å². The van der Waals surface area contributed by atoms with E-state index in [2.05, 4.69) is 14.7 Å². The zero-order valence-corrected chi connectivity index (χ0v) is 15.5. The molecule has 1 aromatic heterocycles. The van der Waals surface area contributed by atoms with Crippen LogP contribution in [0.3, 0.4) is 0 Å². The molecule has 0 spiro atoms. The highest BCUT2D eigenvalue weighted by molar-refractivity contribution is 7.88. The molecule has 0 saturated carbocycles. The molecule has 0 bridgehead atoms. The number of sulfonamides is 1. The predicted octanol–water partition coefficient (Wildman–Crippen LogP) is 2.67. The fourth-order valence-corrected chi connectivity index (χ4v) is 3.02. The topological polar surface area (TPSA) is 89.0 Å². The summed E-state index contributed by atoms with van der Waals surface area (Å²) < 4.78 is 39.3. The molecule has 0 atom stereocenters. The Morgan fingerprint density at radius 3 is 2.38 bits per heavy atom. The van der Waals surface area contributed by atoms with Gasteiger partial charge in [-0.15, -0.1) is 0 Å². The normalized spacial score (nSPS) is 12.0. The Bertz CT molecular complexity index is 923. The van der Waals surface area contributed by atoms with Crippen LogP contribution in [-0.4, -0.2) is 31.7 Å². The van der Waals surface area contributed by atoms with Gasteiger partial charge in [-0.1, -0.05) is 13.8 Å². The lowest BCUT2D eigenvalue weighted by Gasteiger charge is -2.16. The van der Waals surface area contributed by atoms with Gasteiger partial charge < -0.3 is 0 Å². The molecule has 2 rings (SSSR count). The van der Waals surface area contributed by atoms with Crippen LogP contribution in [0.15, 0.2) is 30.3 Å². The van der Waals surface area contributed by atoms with E-state index < -0.39 is 15.8 Å². The Hall–Kier alpha value is -2.45. The Labute approximate surface area is 152 Å². The Morgan fingerprint density at radius 2 is 1.85 bits per heavy atom. The molecule has 0 aliphatic carbocycles. The van der Waals surface area contributed by atoms with E-state index in [1.54, 1.807) is 18.2 Å². The number of halogens is 1. The third-order valence-electron chi connectivity index (χ3n) is 3.66. The summed E-state index contributed by atoms with van der Waals surface area (Å²) in [4.78, 5) is 19.6. The van der Waals surface area contributed by atoms with Gasteiger partial charge in [0.1, 0.15) is 23.7 Å². The molecule has 1 heterocycles. The maximum absolute atomic E-state index is 13.3. The third kappa shape index (κ3) is 4.80. The zero-order chi connectivity index (χ0) is 19.3. The Kier molecular flexibility index (Phi) is 6.33. The molecule has 0 fully saturated rings. The molecule has 0 saturated heterocycles. The summed E-state index contributed by atoms with van der Waals surface area (Å²) in [5, 5.41) is 0. The van der Waals surface area contributed by atoms with Gasteiger partial charge in [0.05, 0.1) is 11.4 Å². The monoisotopic (exact) mass is 377 g/mol. The molecule has 2 aromatic rings. The van der Waals surface area contributed by atoms with Crippen molar-refractivity contribution < 1.29 is 17.6 Å². The van der Waals surface area contributed by atoms with Gasteiger partial charge in [-0.2, -0.15) is 0 Å². The lowest BCUT2D eigenvalue weighted by molar-refractivity contribution is -0.104. The maximum Gasteiger partial charge on any atom is 0.218 e. The van der Waals surface area contributed by atoms with Crippen molar-refractivity contribution in [2.24, 2.45) is 0 Å². The van der Waals surface area contributed by atoms with Crippen LogP contribution in [-0.2, 0) is 20.6 Å². The number of aldehydes is 1. The van der Waals surface area contributed by atoms with E-state index in [4.69, 9.17) is 0 Å². The molecule has 8 heteroatoms. The molecule has 0 unspecified atom stereocenters. The SMILES string of the molecule is CNS(=O)(=O)Cc1nc(-c2ccc(F)cc2)c(C=CC=O)c(C(C)C)n1. The molecule has 0 aliphatic heterocycles. The van der Waals surface area contributed by atoms with Crippen molar-refractivity contribution in [2.75, 3.05) is 7.05 Å². The number of aromatic nitrogens is 2. The zero-order valence-electron chi connectivity index (χ0n) is 14.7. The highest BCUT2D eigenvalue weighted by atomic mass is 32.2. The van der Waals surface area contributed by atoms with Gasteiger partial charge in [0.15, 0.2) is 0 Å². The number of allylic oxidation sites excluding steroid dienone is 1. The number of carbonyl (C=O) groups excluding carboxylic acids is 1. The van der Waals surface area contributed by atoms with Crippen molar-refractivity contribution in [3.8, 4) is 11.3 Å². The number of nitrogens with zero attached hydrogens (tertiary/aromatic N) is 2. The molecule has 0 amide bonds. The van der Waals surface area contributed by atoms with E-state index in [-0.39, 0.29) is 17.5 Å². The number of hydrogen-bond donors (Lipinski definition) is 1. The first-order valence-corrected chi connectivity index (χ1v) is 9.62. The van der Waals surface area contributed by atoms with Crippen LogP contribution >= 0.6 is 0 Å². The van der Waals surface area contributed by atoms with E-state index in [0.717, 1.165) is 0 Å². The average Bonchev–Trinajstić information content (AvgIpc) is 2.60. The summed E-state index contributed by atoms with van der Waals surface area (Å²) >= 11 is 0. The molecule has 6 nitrogen and oxygen atoms in total. The fraction of sp³-hybridized carbons (Fsp3) is 0.278. The molecule has 138 valence electrons. The number of rotatable bonds is 7. The first-order chi connectivity index (χ1) is 12.3. The fourth-order valence-electron chi connectivity index (χ4n) is 2.41. The van der Waals surface area contributed by atoms with Gasteiger partial charge in [0.25, 0.3) is 0 Å². The second kappa shape index (κ2) is 8.29. The van der Waals surface area contributed by atoms with E-state index in [1.165, 1.54) is 25.3 Å². The van der Waals surface area contributed by atoms with E-state index in [1.807, 2.05) is 13.8 Å². The van der Waals surface area contributed by atoms with Gasteiger partial charge in [0.2, 0.25) is 10.0 Å². The summed E-state index contributed by atoms with van der Waals surface area (Å²) in [6, 6.07) is 5.69. The van der Waals surface area contributed by atoms with E-state index in [9.17, 15) is 17.6 Å². The van der Waals surface area contributed by atoms with Crippen molar-refractivity contribution in [3.63, 3.8) is 0 Å². The molecule has 1 N–H and O–H groups in total. The predicted molar refractivity (Wildman–Crippen MR) is 98.3 cm³/mol. The van der Waals surface area contributed by atoms with Crippen molar-refractivity contribution in [1.82, 2.24) is 14.7 Å². The summed E-state index contributed by atoms with van der Waals surface area (Å²) in [6.45, 7) is 3.82. The van der Waals surface area contributed by atoms with Gasteiger partial charge in [0, 0.05) is 11.1 Å². The summed E-state index contributed by atoms with van der Waals surface area (Å²) in [7, 11) is -2.24. The van der Waals surface area contributed by atoms with E-state index >= 15 is 0 Å². The third-order valence-corrected chi connectivity index (χ3v) is 4.92. The smallest absolute Gasteiger partial charge is 0.218 e. The summed E-state index contributed by atoms with van der Waals surface area (Å²) in [6.07, 6.45) is 3.54. The minimum atomic E-state index is -3.56. The second-order valence-corrected chi connectivity index (χ2v) is 7.83. The Morgan fingerprint density at radius 1 is 1.19 bits per heavy atom. The van der Waals surface area contributed by atoms with Gasteiger partial charge in [-0.3, -0.25) is 4.79 Å². The van der Waals surface area contributed by atoms with Gasteiger partial charge in [-0.05, 0) is 49.4 Å². The average molecular weight is 377 g/mol. The lowest BCUT2D eigenvalue weighted by Crippen LogP contribution is -2.22. The number of benzene rings is 1. The van der Waals surface area contributed by atoms with Crippen molar-refractivity contribution in [3.05, 3.63) is 53.2 Å². The second-order valence-electron chi connectivity index (χ2n) is 5.91.